The van der Waals surface area contributed by atoms with E-state index in [-0.39, 0.29) is 5.69 Å². The molecule has 0 N–H and O–H groups in total. The molecule has 0 aliphatic carbocycles. The van der Waals surface area contributed by atoms with Crippen molar-refractivity contribution in [3.05, 3.63) is 32.6 Å². The monoisotopic (exact) mass is 290 g/mol. The first-order valence-corrected chi connectivity index (χ1v) is 4.53. The van der Waals surface area contributed by atoms with Crippen molar-refractivity contribution in [3.8, 4) is 6.07 Å². The van der Waals surface area contributed by atoms with Gasteiger partial charge in [-0.05, 0) is 22.6 Å². The molecule has 0 radical (unpaired) electrons. The lowest BCUT2D eigenvalue weighted by atomic mass is 10.2. The fourth-order valence-corrected chi connectivity index (χ4v) is 1.51. The van der Waals surface area contributed by atoms with Gasteiger partial charge in [0, 0.05) is 15.3 Å². The molecule has 1 aromatic heterocycles. The lowest BCUT2D eigenvalue weighted by molar-refractivity contribution is 1.24. The molecule has 4 heteroatoms. The summed E-state index contributed by atoms with van der Waals surface area (Å²) in [6.45, 7) is 3.60. The third-order valence-corrected chi connectivity index (χ3v) is 3.16. The van der Waals surface area contributed by atoms with Crippen molar-refractivity contribution in [1.82, 2.24) is 4.98 Å². The summed E-state index contributed by atoms with van der Waals surface area (Å²) in [7, 11) is 0. The van der Waals surface area contributed by atoms with Crippen molar-refractivity contribution >= 4 is 40.3 Å². The zero-order valence-electron chi connectivity index (χ0n) is 6.01. The van der Waals surface area contributed by atoms with E-state index in [2.05, 4.69) is 34.2 Å². The molecule has 1 rings (SSSR count). The Hall–Kier alpha value is -0.600. The first-order chi connectivity index (χ1) is 5.70. The van der Waals surface area contributed by atoms with Crippen molar-refractivity contribution in [3.63, 3.8) is 0 Å². The molecular weight excluding hydrogens is 286 g/mol. The first kappa shape index (κ1) is 9.49. The van der Waals surface area contributed by atoms with Crippen LogP contribution in [0.1, 0.15) is 11.3 Å². The van der Waals surface area contributed by atoms with Crippen LogP contribution in [0.15, 0.2) is 12.8 Å². The maximum Gasteiger partial charge on any atom is 0.160 e. The first-order valence-electron chi connectivity index (χ1n) is 3.07. The van der Waals surface area contributed by atoms with E-state index in [0.29, 0.717) is 5.02 Å². The molecule has 1 heterocycles. The van der Waals surface area contributed by atoms with Crippen molar-refractivity contribution in [2.45, 2.75) is 0 Å². The van der Waals surface area contributed by atoms with Gasteiger partial charge in [0.15, 0.2) is 5.69 Å². The molecular formula is C8H4ClIN2. The molecule has 0 aliphatic heterocycles. The summed E-state index contributed by atoms with van der Waals surface area (Å²) in [5.41, 5.74) is 1.10. The van der Waals surface area contributed by atoms with Crippen LogP contribution in [0.25, 0.3) is 6.08 Å². The molecule has 0 fully saturated rings. The van der Waals surface area contributed by atoms with Gasteiger partial charge in [-0.25, -0.2) is 4.98 Å². The highest BCUT2D eigenvalue weighted by Gasteiger charge is 2.07. The lowest BCUT2D eigenvalue weighted by Crippen LogP contribution is -1.90. The van der Waals surface area contributed by atoms with Crippen LogP contribution >= 0.6 is 34.2 Å². The van der Waals surface area contributed by atoms with Crippen molar-refractivity contribution < 1.29 is 0 Å². The average Bonchev–Trinajstić information content (AvgIpc) is 2.10. The van der Waals surface area contributed by atoms with E-state index in [4.69, 9.17) is 16.9 Å². The number of aromatic nitrogens is 1. The van der Waals surface area contributed by atoms with E-state index in [1.165, 1.54) is 0 Å². The van der Waals surface area contributed by atoms with Crippen LogP contribution in [0.5, 0.6) is 0 Å². The SMILES string of the molecule is C=Cc1cnc(C#N)c(Cl)c1I. The number of nitriles is 1. The number of halogens is 2. The Morgan fingerprint density at radius 1 is 1.75 bits per heavy atom. The third kappa shape index (κ3) is 1.59. The topological polar surface area (TPSA) is 36.7 Å². The summed E-state index contributed by atoms with van der Waals surface area (Å²) in [6.07, 6.45) is 3.24. The number of pyridine rings is 1. The molecule has 0 aromatic carbocycles. The second-order valence-corrected chi connectivity index (χ2v) is 3.46. The molecule has 0 atom stereocenters. The summed E-state index contributed by atoms with van der Waals surface area (Å²) < 4.78 is 0.816. The van der Waals surface area contributed by atoms with Crippen molar-refractivity contribution in [1.29, 1.82) is 5.26 Å². The molecule has 1 aromatic rings. The fourth-order valence-electron chi connectivity index (χ4n) is 0.698. The molecule has 12 heavy (non-hydrogen) atoms. The molecule has 0 saturated heterocycles. The molecule has 0 amide bonds. The molecule has 2 nitrogen and oxygen atoms in total. The van der Waals surface area contributed by atoms with E-state index in [0.717, 1.165) is 9.13 Å². The summed E-state index contributed by atoms with van der Waals surface area (Å²) in [5, 5.41) is 8.98. The van der Waals surface area contributed by atoms with Crippen LogP contribution in [0.4, 0.5) is 0 Å². The van der Waals surface area contributed by atoms with Gasteiger partial charge in [-0.3, -0.25) is 0 Å². The van der Waals surface area contributed by atoms with Gasteiger partial charge in [0.05, 0.1) is 5.02 Å². The van der Waals surface area contributed by atoms with E-state index in [9.17, 15) is 0 Å². The predicted octanol–water partition coefficient (Wildman–Crippen LogP) is 2.85. The highest BCUT2D eigenvalue weighted by Crippen LogP contribution is 2.24. The standard InChI is InChI=1S/C8H4ClIN2/c1-2-5-4-12-6(3-11)7(9)8(5)10/h2,4H,1H2. The van der Waals surface area contributed by atoms with Crippen LogP contribution in [0.3, 0.4) is 0 Å². The molecule has 0 saturated carbocycles. The van der Waals surface area contributed by atoms with E-state index in [1.807, 2.05) is 6.07 Å². The van der Waals surface area contributed by atoms with Crippen LogP contribution in [-0.4, -0.2) is 4.98 Å². The average molecular weight is 290 g/mol. The summed E-state index contributed by atoms with van der Waals surface area (Å²) in [6, 6.07) is 1.91. The van der Waals surface area contributed by atoms with Gasteiger partial charge in [0.25, 0.3) is 0 Å². The summed E-state index contributed by atoms with van der Waals surface area (Å²) in [5.74, 6) is 0. The molecule has 60 valence electrons. The Kier molecular flexibility index (Phi) is 3.06. The van der Waals surface area contributed by atoms with Crippen LogP contribution < -0.4 is 0 Å². The van der Waals surface area contributed by atoms with Crippen LogP contribution in [0, 0.1) is 14.9 Å². The molecule has 0 unspecified atom stereocenters. The number of hydrogen-bond donors (Lipinski definition) is 0. The van der Waals surface area contributed by atoms with Crippen LogP contribution in [-0.2, 0) is 0 Å². The highest BCUT2D eigenvalue weighted by atomic mass is 127. The van der Waals surface area contributed by atoms with Gasteiger partial charge < -0.3 is 0 Å². The smallest absolute Gasteiger partial charge is 0.160 e. The zero-order valence-corrected chi connectivity index (χ0v) is 8.93. The fraction of sp³-hybridized carbons (Fsp3) is 0. The second kappa shape index (κ2) is 3.87. The Labute approximate surface area is 89.0 Å². The maximum absolute atomic E-state index is 8.58. The summed E-state index contributed by atoms with van der Waals surface area (Å²) in [4.78, 5) is 3.86. The van der Waals surface area contributed by atoms with Crippen molar-refractivity contribution in [2.75, 3.05) is 0 Å². The quantitative estimate of drug-likeness (QED) is 0.746. The van der Waals surface area contributed by atoms with E-state index < -0.39 is 0 Å². The van der Waals surface area contributed by atoms with Gasteiger partial charge in [-0.1, -0.05) is 24.3 Å². The van der Waals surface area contributed by atoms with Gasteiger partial charge in [-0.15, -0.1) is 0 Å². The van der Waals surface area contributed by atoms with E-state index in [1.54, 1.807) is 12.3 Å². The number of nitrogens with zero attached hydrogens (tertiary/aromatic N) is 2. The normalized spacial score (nSPS) is 9.08. The predicted molar refractivity (Wildman–Crippen MR) is 56.8 cm³/mol. The zero-order chi connectivity index (χ0) is 9.14. The van der Waals surface area contributed by atoms with Gasteiger partial charge >= 0.3 is 0 Å². The Bertz CT molecular complexity index is 368. The third-order valence-electron chi connectivity index (χ3n) is 1.31. The van der Waals surface area contributed by atoms with Gasteiger partial charge in [-0.2, -0.15) is 5.26 Å². The minimum Gasteiger partial charge on any atom is -0.243 e. The summed E-state index contributed by atoms with van der Waals surface area (Å²) >= 11 is 7.90. The molecule has 0 bridgehead atoms. The van der Waals surface area contributed by atoms with E-state index >= 15 is 0 Å². The maximum atomic E-state index is 8.58. The minimum atomic E-state index is 0.256. The number of rotatable bonds is 1. The minimum absolute atomic E-state index is 0.256. The number of hydrogen-bond acceptors (Lipinski definition) is 2. The van der Waals surface area contributed by atoms with Crippen molar-refractivity contribution in [2.24, 2.45) is 0 Å². The highest BCUT2D eigenvalue weighted by molar-refractivity contribution is 14.1. The Balaban J connectivity index is 3.41. The van der Waals surface area contributed by atoms with Gasteiger partial charge in [0.1, 0.15) is 6.07 Å². The van der Waals surface area contributed by atoms with Crippen LogP contribution in [0.2, 0.25) is 5.02 Å². The lowest BCUT2D eigenvalue weighted by Gasteiger charge is -2.00. The Morgan fingerprint density at radius 2 is 2.42 bits per heavy atom. The Morgan fingerprint density at radius 3 is 2.92 bits per heavy atom. The largest absolute Gasteiger partial charge is 0.243 e. The second-order valence-electron chi connectivity index (χ2n) is 2.01. The molecule has 0 spiro atoms. The molecule has 0 aliphatic rings. The van der Waals surface area contributed by atoms with Gasteiger partial charge in [0.2, 0.25) is 0 Å².